The molecular formula is C17H14BrNO2. The molecule has 3 aromatic rings. The van der Waals surface area contributed by atoms with E-state index in [1.54, 1.807) is 7.11 Å². The van der Waals surface area contributed by atoms with E-state index in [0.29, 0.717) is 12.5 Å². The van der Waals surface area contributed by atoms with Gasteiger partial charge in [-0.1, -0.05) is 46.3 Å². The van der Waals surface area contributed by atoms with Crippen molar-refractivity contribution in [3.63, 3.8) is 0 Å². The van der Waals surface area contributed by atoms with Crippen molar-refractivity contribution in [3.05, 3.63) is 64.6 Å². The molecule has 106 valence electrons. The summed E-state index contributed by atoms with van der Waals surface area (Å²) in [6.45, 7) is 0.510. The van der Waals surface area contributed by atoms with Crippen molar-refractivity contribution in [1.29, 1.82) is 0 Å². The molecule has 0 saturated carbocycles. The summed E-state index contributed by atoms with van der Waals surface area (Å²) in [5.41, 5.74) is 1.91. The standard InChI is InChI=1S/C17H14BrNO2/c1-20-16-10-7-13-14(18)8-9-15(17(13)19-16)21-11-12-5-3-2-4-6-12/h2-10H,11H2,1H3. The van der Waals surface area contributed by atoms with Gasteiger partial charge in [0.1, 0.15) is 17.9 Å². The minimum absolute atomic E-state index is 0.510. The Morgan fingerprint density at radius 1 is 1.00 bits per heavy atom. The fourth-order valence-electron chi connectivity index (χ4n) is 2.10. The van der Waals surface area contributed by atoms with Gasteiger partial charge < -0.3 is 9.47 Å². The monoisotopic (exact) mass is 343 g/mol. The number of nitrogens with zero attached hydrogens (tertiary/aromatic N) is 1. The van der Waals surface area contributed by atoms with E-state index in [1.165, 1.54) is 0 Å². The van der Waals surface area contributed by atoms with Crippen LogP contribution in [0.5, 0.6) is 11.6 Å². The molecule has 4 heteroatoms. The molecule has 1 heterocycles. The third kappa shape index (κ3) is 3.00. The van der Waals surface area contributed by atoms with Crippen LogP contribution in [0.4, 0.5) is 0 Å². The largest absolute Gasteiger partial charge is 0.487 e. The van der Waals surface area contributed by atoms with Gasteiger partial charge in [0.25, 0.3) is 0 Å². The zero-order valence-electron chi connectivity index (χ0n) is 11.5. The lowest BCUT2D eigenvalue weighted by atomic mass is 10.2. The molecule has 2 aromatic carbocycles. The van der Waals surface area contributed by atoms with Gasteiger partial charge in [-0.3, -0.25) is 0 Å². The summed E-state index contributed by atoms with van der Waals surface area (Å²) in [6.07, 6.45) is 0. The van der Waals surface area contributed by atoms with Crippen molar-refractivity contribution >= 4 is 26.8 Å². The Balaban J connectivity index is 1.96. The Hall–Kier alpha value is -2.07. The number of ether oxygens (including phenoxy) is 2. The highest BCUT2D eigenvalue weighted by Gasteiger charge is 2.09. The fraction of sp³-hybridized carbons (Fsp3) is 0.118. The van der Waals surface area contributed by atoms with E-state index in [4.69, 9.17) is 9.47 Å². The maximum atomic E-state index is 5.92. The normalized spacial score (nSPS) is 10.6. The Bertz CT molecular complexity index is 759. The molecule has 21 heavy (non-hydrogen) atoms. The summed E-state index contributed by atoms with van der Waals surface area (Å²) in [7, 11) is 1.61. The van der Waals surface area contributed by atoms with Gasteiger partial charge in [0.2, 0.25) is 5.88 Å². The van der Waals surface area contributed by atoms with Crippen molar-refractivity contribution in [1.82, 2.24) is 4.98 Å². The zero-order chi connectivity index (χ0) is 14.7. The molecule has 0 radical (unpaired) electrons. The number of hydrogen-bond donors (Lipinski definition) is 0. The first-order valence-corrected chi connectivity index (χ1v) is 7.37. The van der Waals surface area contributed by atoms with Crippen LogP contribution < -0.4 is 9.47 Å². The van der Waals surface area contributed by atoms with E-state index in [-0.39, 0.29) is 0 Å². The van der Waals surface area contributed by atoms with Crippen LogP contribution in [0.15, 0.2) is 59.1 Å². The van der Waals surface area contributed by atoms with Crippen molar-refractivity contribution in [2.45, 2.75) is 6.61 Å². The SMILES string of the molecule is COc1ccc2c(Br)ccc(OCc3ccccc3)c2n1. The number of aromatic nitrogens is 1. The van der Waals surface area contributed by atoms with Gasteiger partial charge in [-0.2, -0.15) is 0 Å². The molecular weight excluding hydrogens is 330 g/mol. The van der Waals surface area contributed by atoms with Crippen LogP contribution in [-0.4, -0.2) is 12.1 Å². The number of halogens is 1. The Morgan fingerprint density at radius 2 is 1.81 bits per heavy atom. The maximum absolute atomic E-state index is 5.92. The van der Waals surface area contributed by atoms with Crippen LogP contribution >= 0.6 is 15.9 Å². The lowest BCUT2D eigenvalue weighted by molar-refractivity contribution is 0.309. The molecule has 0 aliphatic heterocycles. The molecule has 0 saturated heterocycles. The average Bonchev–Trinajstić information content (AvgIpc) is 2.55. The smallest absolute Gasteiger partial charge is 0.213 e. The second-order valence-electron chi connectivity index (χ2n) is 4.57. The first-order chi connectivity index (χ1) is 10.3. The highest BCUT2D eigenvalue weighted by molar-refractivity contribution is 9.10. The quantitative estimate of drug-likeness (QED) is 0.694. The van der Waals surface area contributed by atoms with Crippen molar-refractivity contribution in [3.8, 4) is 11.6 Å². The molecule has 0 unspecified atom stereocenters. The third-order valence-corrected chi connectivity index (χ3v) is 3.88. The summed E-state index contributed by atoms with van der Waals surface area (Å²) >= 11 is 3.54. The predicted octanol–water partition coefficient (Wildman–Crippen LogP) is 4.58. The van der Waals surface area contributed by atoms with Crippen LogP contribution in [0, 0.1) is 0 Å². The summed E-state index contributed by atoms with van der Waals surface area (Å²) < 4.78 is 12.1. The molecule has 0 aliphatic carbocycles. The van der Waals surface area contributed by atoms with Crippen molar-refractivity contribution in [2.24, 2.45) is 0 Å². The summed E-state index contributed by atoms with van der Waals surface area (Å²) in [5, 5.41) is 1.00. The molecule has 0 fully saturated rings. The first kappa shape index (κ1) is 13.9. The van der Waals surface area contributed by atoms with E-state index in [1.807, 2.05) is 54.6 Å². The number of pyridine rings is 1. The summed E-state index contributed by atoms with van der Waals surface area (Å²) in [4.78, 5) is 4.49. The Labute approximate surface area is 131 Å². The van der Waals surface area contributed by atoms with E-state index in [0.717, 1.165) is 26.7 Å². The van der Waals surface area contributed by atoms with Crippen LogP contribution in [0.25, 0.3) is 10.9 Å². The Morgan fingerprint density at radius 3 is 2.57 bits per heavy atom. The number of benzene rings is 2. The molecule has 0 spiro atoms. The number of rotatable bonds is 4. The number of methoxy groups -OCH3 is 1. The summed E-state index contributed by atoms with van der Waals surface area (Å²) in [5.74, 6) is 1.32. The lowest BCUT2D eigenvalue weighted by Crippen LogP contribution is -1.97. The van der Waals surface area contributed by atoms with Crippen LogP contribution in [-0.2, 0) is 6.61 Å². The molecule has 0 N–H and O–H groups in total. The number of hydrogen-bond acceptors (Lipinski definition) is 3. The predicted molar refractivity (Wildman–Crippen MR) is 86.8 cm³/mol. The molecule has 0 amide bonds. The minimum atomic E-state index is 0.510. The molecule has 1 aromatic heterocycles. The van der Waals surface area contributed by atoms with Gasteiger partial charge >= 0.3 is 0 Å². The average molecular weight is 344 g/mol. The van der Waals surface area contributed by atoms with Crippen molar-refractivity contribution in [2.75, 3.05) is 7.11 Å². The third-order valence-electron chi connectivity index (χ3n) is 3.19. The van der Waals surface area contributed by atoms with Gasteiger partial charge in [0, 0.05) is 15.9 Å². The van der Waals surface area contributed by atoms with Crippen molar-refractivity contribution < 1.29 is 9.47 Å². The summed E-state index contributed by atoms with van der Waals surface area (Å²) in [6, 6.07) is 17.8. The number of fused-ring (bicyclic) bond motifs is 1. The van der Waals surface area contributed by atoms with Gasteiger partial charge in [0.15, 0.2) is 0 Å². The van der Waals surface area contributed by atoms with Gasteiger partial charge in [-0.15, -0.1) is 0 Å². The van der Waals surface area contributed by atoms with E-state index in [2.05, 4.69) is 20.9 Å². The second kappa shape index (κ2) is 6.14. The van der Waals surface area contributed by atoms with Crippen LogP contribution in [0.2, 0.25) is 0 Å². The fourth-order valence-corrected chi connectivity index (χ4v) is 2.56. The van der Waals surface area contributed by atoms with Gasteiger partial charge in [-0.25, -0.2) is 4.98 Å². The molecule has 3 rings (SSSR count). The molecule has 0 atom stereocenters. The van der Waals surface area contributed by atoms with E-state index < -0.39 is 0 Å². The minimum Gasteiger partial charge on any atom is -0.487 e. The Kier molecular flexibility index (Phi) is 4.06. The van der Waals surface area contributed by atoms with Gasteiger partial charge in [-0.05, 0) is 23.8 Å². The van der Waals surface area contributed by atoms with Gasteiger partial charge in [0.05, 0.1) is 7.11 Å². The zero-order valence-corrected chi connectivity index (χ0v) is 13.1. The topological polar surface area (TPSA) is 31.4 Å². The molecule has 0 bridgehead atoms. The van der Waals surface area contributed by atoms with E-state index >= 15 is 0 Å². The lowest BCUT2D eigenvalue weighted by Gasteiger charge is -2.11. The van der Waals surface area contributed by atoms with Crippen LogP contribution in [0.3, 0.4) is 0 Å². The highest BCUT2D eigenvalue weighted by atomic mass is 79.9. The van der Waals surface area contributed by atoms with E-state index in [9.17, 15) is 0 Å². The first-order valence-electron chi connectivity index (χ1n) is 6.58. The molecule has 0 aliphatic rings. The molecule has 3 nitrogen and oxygen atoms in total. The second-order valence-corrected chi connectivity index (χ2v) is 5.42. The van der Waals surface area contributed by atoms with Crippen LogP contribution in [0.1, 0.15) is 5.56 Å². The maximum Gasteiger partial charge on any atom is 0.213 e. The highest BCUT2D eigenvalue weighted by Crippen LogP contribution is 2.32.